The summed E-state index contributed by atoms with van der Waals surface area (Å²) in [6, 6.07) is 0. The molecule has 0 amide bonds. The highest BCUT2D eigenvalue weighted by Crippen LogP contribution is 2.56. The Morgan fingerprint density at radius 2 is 2.17 bits per heavy atom. The molecule has 0 spiro atoms. The fourth-order valence-electron chi connectivity index (χ4n) is 2.78. The summed E-state index contributed by atoms with van der Waals surface area (Å²) in [5.74, 6) is 0.469. The van der Waals surface area contributed by atoms with Crippen molar-refractivity contribution in [1.82, 2.24) is 0 Å². The van der Waals surface area contributed by atoms with Crippen LogP contribution >= 0.6 is 0 Å². The van der Waals surface area contributed by atoms with Crippen LogP contribution in [0.15, 0.2) is 0 Å². The Morgan fingerprint density at radius 3 is 2.58 bits per heavy atom. The maximum atomic E-state index is 10.9. The average Bonchev–Trinajstić information content (AvgIpc) is 2.00. The van der Waals surface area contributed by atoms with Crippen LogP contribution < -0.4 is 0 Å². The molecule has 2 nitrogen and oxygen atoms in total. The van der Waals surface area contributed by atoms with Gasteiger partial charge in [0.2, 0.25) is 0 Å². The fraction of sp³-hybridized carbons (Fsp3) is 0.900. The first kappa shape index (κ1) is 8.24. The van der Waals surface area contributed by atoms with Crippen molar-refractivity contribution in [2.75, 3.05) is 6.61 Å². The molecule has 3 unspecified atom stereocenters. The van der Waals surface area contributed by atoms with Gasteiger partial charge in [0.1, 0.15) is 5.60 Å². The second-order valence-electron chi connectivity index (χ2n) is 4.65. The second kappa shape index (κ2) is 2.32. The Hall–Kier alpha value is -0.370. The van der Waals surface area contributed by atoms with Crippen molar-refractivity contribution in [3.63, 3.8) is 0 Å². The first-order valence-corrected chi connectivity index (χ1v) is 4.71. The van der Waals surface area contributed by atoms with E-state index < -0.39 is 5.60 Å². The molecular weight excluding hydrogens is 152 g/mol. The molecular formula is C10H16O2. The average molecular weight is 168 g/mol. The quantitative estimate of drug-likeness (QED) is 0.558. The van der Waals surface area contributed by atoms with Gasteiger partial charge in [-0.25, -0.2) is 0 Å². The normalized spacial score (nSPS) is 52.3. The first-order chi connectivity index (χ1) is 5.61. The summed E-state index contributed by atoms with van der Waals surface area (Å²) in [6.07, 6.45) is 4.55. The van der Waals surface area contributed by atoms with Gasteiger partial charge in [-0.05, 0) is 37.5 Å². The van der Waals surface area contributed by atoms with E-state index >= 15 is 0 Å². The zero-order valence-electron chi connectivity index (χ0n) is 7.80. The maximum absolute atomic E-state index is 10.9. The van der Waals surface area contributed by atoms with Crippen LogP contribution in [0.1, 0.15) is 33.1 Å². The number of ether oxygens (including phenoxy) is 1. The lowest BCUT2D eigenvalue weighted by Gasteiger charge is -2.57. The number of fused-ring (bicyclic) bond motifs is 1. The number of carbonyl (C=O) groups excluding carboxylic acids is 1. The molecule has 0 aromatic rings. The summed E-state index contributed by atoms with van der Waals surface area (Å²) >= 11 is 0. The highest BCUT2D eigenvalue weighted by atomic mass is 16.5. The van der Waals surface area contributed by atoms with Crippen LogP contribution in [0, 0.1) is 11.3 Å². The number of rotatable bonds is 1. The van der Waals surface area contributed by atoms with Gasteiger partial charge in [-0.15, -0.1) is 0 Å². The SMILES string of the molecule is CC12CCOC(C)(C=O)C1CC2. The van der Waals surface area contributed by atoms with E-state index in [1.165, 1.54) is 6.42 Å². The molecule has 1 saturated heterocycles. The van der Waals surface area contributed by atoms with Crippen LogP contribution in [0.5, 0.6) is 0 Å². The number of hydrogen-bond acceptors (Lipinski definition) is 2. The Bertz CT molecular complexity index is 214. The van der Waals surface area contributed by atoms with Crippen LogP contribution in [0.25, 0.3) is 0 Å². The predicted molar refractivity (Wildman–Crippen MR) is 45.9 cm³/mol. The molecule has 2 heteroatoms. The Balaban J connectivity index is 2.22. The van der Waals surface area contributed by atoms with E-state index in [0.717, 1.165) is 25.7 Å². The molecule has 0 bridgehead atoms. The molecule has 2 rings (SSSR count). The van der Waals surface area contributed by atoms with E-state index in [1.807, 2.05) is 6.92 Å². The van der Waals surface area contributed by atoms with Gasteiger partial charge in [-0.2, -0.15) is 0 Å². The number of carbonyl (C=O) groups is 1. The van der Waals surface area contributed by atoms with Crippen molar-refractivity contribution in [2.45, 2.75) is 38.7 Å². The number of hydrogen-bond donors (Lipinski definition) is 0. The molecule has 0 radical (unpaired) electrons. The number of aldehydes is 1. The highest BCUT2D eigenvalue weighted by molar-refractivity contribution is 5.63. The van der Waals surface area contributed by atoms with Gasteiger partial charge in [0.25, 0.3) is 0 Å². The Morgan fingerprint density at radius 1 is 1.42 bits per heavy atom. The predicted octanol–water partition coefficient (Wildman–Crippen LogP) is 1.78. The monoisotopic (exact) mass is 168 g/mol. The summed E-state index contributed by atoms with van der Waals surface area (Å²) in [6.45, 7) is 4.97. The lowest BCUT2D eigenvalue weighted by atomic mass is 9.53. The van der Waals surface area contributed by atoms with E-state index in [0.29, 0.717) is 11.3 Å². The molecule has 1 aliphatic carbocycles. The van der Waals surface area contributed by atoms with E-state index in [1.54, 1.807) is 0 Å². The third-order valence-electron chi connectivity index (χ3n) is 3.86. The zero-order valence-corrected chi connectivity index (χ0v) is 7.80. The van der Waals surface area contributed by atoms with E-state index in [2.05, 4.69) is 6.92 Å². The molecule has 3 atom stereocenters. The van der Waals surface area contributed by atoms with Gasteiger partial charge >= 0.3 is 0 Å². The zero-order chi connectivity index (χ0) is 8.82. The molecule has 1 aliphatic heterocycles. The topological polar surface area (TPSA) is 26.3 Å². The van der Waals surface area contributed by atoms with Crippen molar-refractivity contribution < 1.29 is 9.53 Å². The minimum absolute atomic E-state index is 0.397. The molecule has 0 aromatic carbocycles. The molecule has 68 valence electrons. The summed E-state index contributed by atoms with van der Waals surface area (Å²) in [5.41, 5.74) is -0.0842. The van der Waals surface area contributed by atoms with Crippen LogP contribution in [0.3, 0.4) is 0 Å². The van der Waals surface area contributed by atoms with Crippen LogP contribution in [-0.4, -0.2) is 18.5 Å². The molecule has 1 heterocycles. The van der Waals surface area contributed by atoms with Crippen molar-refractivity contribution in [3.8, 4) is 0 Å². The van der Waals surface area contributed by atoms with Gasteiger partial charge in [0.05, 0.1) is 0 Å². The van der Waals surface area contributed by atoms with E-state index in [9.17, 15) is 4.79 Å². The molecule has 0 aromatic heterocycles. The summed E-state index contributed by atoms with van der Waals surface area (Å²) in [4.78, 5) is 10.9. The molecule has 12 heavy (non-hydrogen) atoms. The van der Waals surface area contributed by atoms with Crippen LogP contribution in [-0.2, 0) is 9.53 Å². The summed E-state index contributed by atoms with van der Waals surface area (Å²) in [7, 11) is 0. The van der Waals surface area contributed by atoms with Gasteiger partial charge in [-0.1, -0.05) is 6.92 Å². The van der Waals surface area contributed by atoms with Crippen molar-refractivity contribution in [1.29, 1.82) is 0 Å². The smallest absolute Gasteiger partial charge is 0.151 e. The highest BCUT2D eigenvalue weighted by Gasteiger charge is 2.55. The summed E-state index contributed by atoms with van der Waals surface area (Å²) < 4.78 is 5.55. The van der Waals surface area contributed by atoms with Crippen molar-refractivity contribution in [2.24, 2.45) is 11.3 Å². The first-order valence-electron chi connectivity index (χ1n) is 4.71. The van der Waals surface area contributed by atoms with E-state index in [-0.39, 0.29) is 0 Å². The van der Waals surface area contributed by atoms with Gasteiger partial charge in [0, 0.05) is 6.61 Å². The lowest BCUT2D eigenvalue weighted by Crippen LogP contribution is -2.57. The van der Waals surface area contributed by atoms with E-state index in [4.69, 9.17) is 4.74 Å². The second-order valence-corrected chi connectivity index (χ2v) is 4.65. The van der Waals surface area contributed by atoms with Crippen LogP contribution in [0.2, 0.25) is 0 Å². The molecule has 2 aliphatic rings. The van der Waals surface area contributed by atoms with Crippen LogP contribution in [0.4, 0.5) is 0 Å². The van der Waals surface area contributed by atoms with Crippen molar-refractivity contribution >= 4 is 6.29 Å². The Kier molecular flexibility index (Phi) is 1.59. The van der Waals surface area contributed by atoms with Gasteiger partial charge < -0.3 is 9.53 Å². The fourth-order valence-corrected chi connectivity index (χ4v) is 2.78. The largest absolute Gasteiger partial charge is 0.367 e. The maximum Gasteiger partial charge on any atom is 0.151 e. The standard InChI is InChI=1S/C10H16O2/c1-9-4-3-8(9)10(2,7-11)12-6-5-9/h7-8H,3-6H2,1-2H3. The van der Waals surface area contributed by atoms with Gasteiger partial charge in [0.15, 0.2) is 6.29 Å². The third kappa shape index (κ3) is 0.875. The Labute approximate surface area is 73.3 Å². The third-order valence-corrected chi connectivity index (χ3v) is 3.86. The molecule has 2 fully saturated rings. The minimum atomic E-state index is -0.481. The van der Waals surface area contributed by atoms with Gasteiger partial charge in [-0.3, -0.25) is 0 Å². The minimum Gasteiger partial charge on any atom is -0.367 e. The lowest BCUT2D eigenvalue weighted by molar-refractivity contribution is -0.196. The molecule has 0 N–H and O–H groups in total. The van der Waals surface area contributed by atoms with Crippen molar-refractivity contribution in [3.05, 3.63) is 0 Å². The summed E-state index contributed by atoms with van der Waals surface area (Å²) in [5, 5.41) is 0. The molecule has 1 saturated carbocycles.